The van der Waals surface area contributed by atoms with E-state index in [4.69, 9.17) is 5.11 Å². The van der Waals surface area contributed by atoms with Gasteiger partial charge in [-0.15, -0.1) is 0 Å². The summed E-state index contributed by atoms with van der Waals surface area (Å²) in [6.45, 7) is 3.45. The summed E-state index contributed by atoms with van der Waals surface area (Å²) in [4.78, 5) is 0. The molecule has 0 aliphatic carbocycles. The normalized spacial score (nSPS) is 9.80. The molecule has 1 N–H and O–H groups in total. The fourth-order valence-electron chi connectivity index (χ4n) is 0.766. The van der Waals surface area contributed by atoms with Crippen LogP contribution in [0, 0.1) is 19.1 Å². The molecule has 0 spiro atoms. The largest absolute Gasteiger partial charge is 0.618 e. The number of hydrogen-bond donors (Lipinski definition) is 1. The maximum atomic E-state index is 10.7. The molecule has 0 aliphatic heterocycles. The van der Waals surface area contributed by atoms with Crippen molar-refractivity contribution in [3.8, 4) is 5.75 Å². The molecule has 0 saturated carbocycles. The van der Waals surface area contributed by atoms with Crippen LogP contribution in [0.15, 0.2) is 12.3 Å². The third-order valence-corrected chi connectivity index (χ3v) is 1.42. The average molecular weight is 139 g/mol. The Morgan fingerprint density at radius 2 is 2.10 bits per heavy atom. The highest BCUT2D eigenvalue weighted by Gasteiger charge is 2.03. The van der Waals surface area contributed by atoms with Crippen LogP contribution in [0.2, 0.25) is 0 Å². The first-order valence-electron chi connectivity index (χ1n) is 3.00. The van der Waals surface area contributed by atoms with Crippen molar-refractivity contribution in [2.45, 2.75) is 13.8 Å². The highest BCUT2D eigenvalue weighted by molar-refractivity contribution is 5.26. The second-order valence-corrected chi connectivity index (χ2v) is 2.31. The minimum absolute atomic E-state index is 0.0422. The lowest BCUT2D eigenvalue weighted by molar-refractivity contribution is -0.612. The summed E-state index contributed by atoms with van der Waals surface area (Å²) in [6.07, 6.45) is 1.16. The standard InChI is InChI=1S/C7H9NO2/c1-5-3-6(2)8(10)4-7(5)9/h3-4,9H,1-2H3. The number of pyridine rings is 1. The van der Waals surface area contributed by atoms with E-state index in [1.165, 1.54) is 0 Å². The van der Waals surface area contributed by atoms with Crippen molar-refractivity contribution < 1.29 is 9.84 Å². The molecule has 0 saturated heterocycles. The Kier molecular flexibility index (Phi) is 1.49. The van der Waals surface area contributed by atoms with Gasteiger partial charge in [-0.05, 0) is 6.92 Å². The third-order valence-electron chi connectivity index (χ3n) is 1.42. The van der Waals surface area contributed by atoms with Crippen LogP contribution in [0.25, 0.3) is 0 Å². The van der Waals surface area contributed by atoms with E-state index in [0.29, 0.717) is 10.4 Å². The van der Waals surface area contributed by atoms with Gasteiger partial charge >= 0.3 is 0 Å². The summed E-state index contributed by atoms with van der Waals surface area (Å²) in [5.74, 6) is 0.0422. The number of rotatable bonds is 0. The van der Waals surface area contributed by atoms with Gasteiger partial charge in [0.05, 0.1) is 0 Å². The van der Waals surface area contributed by atoms with Gasteiger partial charge in [-0.3, -0.25) is 0 Å². The summed E-state index contributed by atoms with van der Waals surface area (Å²) in [5.41, 5.74) is 1.32. The summed E-state index contributed by atoms with van der Waals surface area (Å²) < 4.78 is 0.641. The Morgan fingerprint density at radius 1 is 1.50 bits per heavy atom. The quantitative estimate of drug-likeness (QED) is 0.423. The van der Waals surface area contributed by atoms with E-state index in [1.54, 1.807) is 19.9 Å². The first kappa shape index (κ1) is 6.86. The zero-order valence-corrected chi connectivity index (χ0v) is 5.96. The van der Waals surface area contributed by atoms with Gasteiger partial charge in [0.1, 0.15) is 0 Å². The Bertz CT molecular complexity index is 208. The van der Waals surface area contributed by atoms with E-state index in [2.05, 4.69) is 0 Å². The van der Waals surface area contributed by atoms with Crippen molar-refractivity contribution in [2.75, 3.05) is 0 Å². The van der Waals surface area contributed by atoms with Crippen LogP contribution in [0.5, 0.6) is 5.75 Å². The van der Waals surface area contributed by atoms with Crippen LogP contribution < -0.4 is 4.73 Å². The maximum Gasteiger partial charge on any atom is 0.222 e. The zero-order chi connectivity index (χ0) is 7.72. The second kappa shape index (κ2) is 2.17. The lowest BCUT2D eigenvalue weighted by Gasteiger charge is -2.01. The van der Waals surface area contributed by atoms with Gasteiger partial charge < -0.3 is 10.3 Å². The molecule has 1 aromatic heterocycles. The smallest absolute Gasteiger partial charge is 0.222 e. The molecule has 0 aliphatic rings. The molecule has 0 amide bonds. The van der Waals surface area contributed by atoms with Gasteiger partial charge in [0.15, 0.2) is 11.4 Å². The fraction of sp³-hybridized carbons (Fsp3) is 0.286. The maximum absolute atomic E-state index is 10.7. The molecule has 3 nitrogen and oxygen atoms in total. The van der Waals surface area contributed by atoms with E-state index in [9.17, 15) is 5.21 Å². The first-order chi connectivity index (χ1) is 4.61. The van der Waals surface area contributed by atoms with Crippen LogP contribution in [0.1, 0.15) is 11.3 Å². The van der Waals surface area contributed by atoms with E-state index < -0.39 is 0 Å². The number of aryl methyl sites for hydroxylation is 2. The fourth-order valence-corrected chi connectivity index (χ4v) is 0.766. The molecule has 1 aromatic rings. The van der Waals surface area contributed by atoms with Gasteiger partial charge in [-0.1, -0.05) is 0 Å². The van der Waals surface area contributed by atoms with E-state index in [0.717, 1.165) is 11.8 Å². The molecule has 0 atom stereocenters. The Hall–Kier alpha value is -1.25. The number of nitrogens with zero attached hydrogens (tertiary/aromatic N) is 1. The molecule has 0 bridgehead atoms. The molecule has 0 fully saturated rings. The van der Waals surface area contributed by atoms with Crippen LogP contribution in [0.4, 0.5) is 0 Å². The molecule has 3 heteroatoms. The van der Waals surface area contributed by atoms with Crippen molar-refractivity contribution in [3.05, 3.63) is 28.7 Å². The lowest BCUT2D eigenvalue weighted by atomic mass is 10.2. The molecular formula is C7H9NO2. The summed E-state index contributed by atoms with van der Waals surface area (Å²) in [6, 6.07) is 1.64. The van der Waals surface area contributed by atoms with E-state index in [-0.39, 0.29) is 5.75 Å². The summed E-state index contributed by atoms with van der Waals surface area (Å²) in [7, 11) is 0. The summed E-state index contributed by atoms with van der Waals surface area (Å²) >= 11 is 0. The van der Waals surface area contributed by atoms with Gasteiger partial charge in [0, 0.05) is 18.6 Å². The Labute approximate surface area is 59.1 Å². The SMILES string of the molecule is Cc1cc(C)[n+]([O-])cc1O. The Morgan fingerprint density at radius 3 is 2.60 bits per heavy atom. The lowest BCUT2D eigenvalue weighted by Crippen LogP contribution is -2.29. The zero-order valence-electron chi connectivity index (χ0n) is 5.96. The van der Waals surface area contributed by atoms with Crippen molar-refractivity contribution in [3.63, 3.8) is 0 Å². The van der Waals surface area contributed by atoms with E-state index >= 15 is 0 Å². The van der Waals surface area contributed by atoms with Crippen LogP contribution >= 0.6 is 0 Å². The van der Waals surface area contributed by atoms with Gasteiger partial charge in [-0.25, -0.2) is 0 Å². The van der Waals surface area contributed by atoms with Crippen LogP contribution in [-0.4, -0.2) is 5.11 Å². The molecule has 0 unspecified atom stereocenters. The van der Waals surface area contributed by atoms with Crippen molar-refractivity contribution >= 4 is 0 Å². The number of aromatic nitrogens is 1. The van der Waals surface area contributed by atoms with Crippen molar-refractivity contribution in [1.82, 2.24) is 0 Å². The second-order valence-electron chi connectivity index (χ2n) is 2.31. The summed E-state index contributed by atoms with van der Waals surface area (Å²) in [5, 5.41) is 19.8. The predicted molar refractivity (Wildman–Crippen MR) is 36.5 cm³/mol. The monoisotopic (exact) mass is 139 g/mol. The average Bonchev–Trinajstić information content (AvgIpc) is 1.84. The van der Waals surface area contributed by atoms with Gasteiger partial charge in [0.25, 0.3) is 0 Å². The minimum Gasteiger partial charge on any atom is -0.618 e. The third kappa shape index (κ3) is 1.03. The molecular weight excluding hydrogens is 130 g/mol. The highest BCUT2D eigenvalue weighted by Crippen LogP contribution is 2.11. The molecule has 54 valence electrons. The van der Waals surface area contributed by atoms with Crippen molar-refractivity contribution in [1.29, 1.82) is 0 Å². The van der Waals surface area contributed by atoms with Crippen molar-refractivity contribution in [2.24, 2.45) is 0 Å². The topological polar surface area (TPSA) is 47.2 Å². The highest BCUT2D eigenvalue weighted by atomic mass is 16.5. The van der Waals surface area contributed by atoms with Gasteiger partial charge in [0.2, 0.25) is 6.20 Å². The predicted octanol–water partition coefficient (Wildman–Crippen LogP) is 0.642. The van der Waals surface area contributed by atoms with Crippen LogP contribution in [0.3, 0.4) is 0 Å². The molecule has 0 aromatic carbocycles. The molecule has 1 rings (SSSR count). The Balaban J connectivity index is 3.28. The van der Waals surface area contributed by atoms with E-state index in [1.807, 2.05) is 0 Å². The molecule has 10 heavy (non-hydrogen) atoms. The minimum atomic E-state index is 0.0422. The molecule has 0 radical (unpaired) electrons. The molecule has 1 heterocycles. The number of aromatic hydroxyl groups is 1. The van der Waals surface area contributed by atoms with Gasteiger partial charge in [-0.2, -0.15) is 4.73 Å². The first-order valence-corrected chi connectivity index (χ1v) is 3.00. The van der Waals surface area contributed by atoms with Crippen LogP contribution in [-0.2, 0) is 0 Å². The number of hydrogen-bond acceptors (Lipinski definition) is 2.